The van der Waals surface area contributed by atoms with Crippen molar-refractivity contribution in [3.63, 3.8) is 0 Å². The molecule has 1 aliphatic heterocycles. The van der Waals surface area contributed by atoms with Crippen molar-refractivity contribution in [1.29, 1.82) is 5.26 Å². The van der Waals surface area contributed by atoms with Gasteiger partial charge in [0.25, 0.3) is 0 Å². The minimum atomic E-state index is 0.466. The zero-order valence-corrected chi connectivity index (χ0v) is 11.0. The Morgan fingerprint density at radius 3 is 3.17 bits per heavy atom. The first-order valence-electron chi connectivity index (χ1n) is 6.26. The molecule has 1 aromatic rings. The van der Waals surface area contributed by atoms with Crippen molar-refractivity contribution in [2.24, 2.45) is 11.7 Å². The molecule has 0 aliphatic carbocycles. The lowest BCUT2D eigenvalue weighted by atomic mass is 9.95. The molecule has 1 fully saturated rings. The van der Waals surface area contributed by atoms with Gasteiger partial charge in [-0.05, 0) is 37.8 Å². The van der Waals surface area contributed by atoms with E-state index in [1.807, 2.05) is 0 Å². The quantitative estimate of drug-likeness (QED) is 0.909. The highest BCUT2D eigenvalue weighted by molar-refractivity contribution is 6.34. The van der Waals surface area contributed by atoms with Gasteiger partial charge >= 0.3 is 0 Å². The lowest BCUT2D eigenvalue weighted by Gasteiger charge is -2.34. The van der Waals surface area contributed by atoms with Gasteiger partial charge in [-0.25, -0.2) is 4.98 Å². The van der Waals surface area contributed by atoms with Crippen LogP contribution in [0.4, 0.5) is 5.82 Å². The summed E-state index contributed by atoms with van der Waals surface area (Å²) in [5.41, 5.74) is 6.10. The normalized spacial score (nSPS) is 19.6. The molecule has 0 spiro atoms. The smallest absolute Gasteiger partial charge is 0.148 e. The van der Waals surface area contributed by atoms with E-state index in [9.17, 15) is 0 Å². The molecule has 1 aromatic heterocycles. The molecule has 2 N–H and O–H groups in total. The van der Waals surface area contributed by atoms with Gasteiger partial charge in [0.2, 0.25) is 0 Å². The number of piperidine rings is 1. The van der Waals surface area contributed by atoms with E-state index < -0.39 is 0 Å². The van der Waals surface area contributed by atoms with E-state index in [2.05, 4.69) is 16.0 Å². The number of aromatic nitrogens is 1. The lowest BCUT2D eigenvalue weighted by Crippen LogP contribution is -2.37. The predicted octanol–water partition coefficient (Wildman–Crippen LogP) is 2.17. The fourth-order valence-electron chi connectivity index (χ4n) is 2.47. The molecule has 0 aromatic carbocycles. The number of nitrogens with two attached hydrogens (primary N) is 1. The molecule has 5 heteroatoms. The van der Waals surface area contributed by atoms with E-state index in [1.165, 1.54) is 6.42 Å². The Morgan fingerprint density at radius 2 is 2.44 bits per heavy atom. The molecule has 1 aliphatic rings. The van der Waals surface area contributed by atoms with Gasteiger partial charge in [-0.3, -0.25) is 0 Å². The summed E-state index contributed by atoms with van der Waals surface area (Å²) in [6.07, 6.45) is 5.01. The molecule has 1 unspecified atom stereocenters. The van der Waals surface area contributed by atoms with Gasteiger partial charge in [-0.2, -0.15) is 5.26 Å². The molecule has 18 heavy (non-hydrogen) atoms. The van der Waals surface area contributed by atoms with Crippen molar-refractivity contribution >= 4 is 17.4 Å². The van der Waals surface area contributed by atoms with E-state index in [1.54, 1.807) is 12.3 Å². The van der Waals surface area contributed by atoms with E-state index in [0.717, 1.165) is 38.3 Å². The molecule has 0 bridgehead atoms. The minimum Gasteiger partial charge on any atom is -0.355 e. The van der Waals surface area contributed by atoms with Gasteiger partial charge in [0, 0.05) is 19.3 Å². The molecule has 0 saturated carbocycles. The average molecular weight is 265 g/mol. The maximum Gasteiger partial charge on any atom is 0.148 e. The second kappa shape index (κ2) is 6.03. The van der Waals surface area contributed by atoms with Crippen molar-refractivity contribution in [2.45, 2.75) is 19.3 Å². The number of hydrogen-bond donors (Lipinski definition) is 1. The molecule has 0 amide bonds. The second-order valence-corrected chi connectivity index (χ2v) is 5.02. The number of anilines is 1. The van der Waals surface area contributed by atoms with Crippen LogP contribution in [-0.4, -0.2) is 24.6 Å². The van der Waals surface area contributed by atoms with Gasteiger partial charge in [0.1, 0.15) is 16.9 Å². The predicted molar refractivity (Wildman–Crippen MR) is 72.6 cm³/mol. The molecular formula is C13H17ClN4. The molecule has 4 nitrogen and oxygen atoms in total. The van der Waals surface area contributed by atoms with Crippen molar-refractivity contribution in [3.05, 3.63) is 22.8 Å². The number of nitriles is 1. The topological polar surface area (TPSA) is 65.9 Å². The third-order valence-electron chi connectivity index (χ3n) is 3.38. The van der Waals surface area contributed by atoms with Gasteiger partial charge in [0.15, 0.2) is 0 Å². The summed E-state index contributed by atoms with van der Waals surface area (Å²) < 4.78 is 0. The first-order chi connectivity index (χ1) is 8.76. The van der Waals surface area contributed by atoms with Crippen molar-refractivity contribution < 1.29 is 0 Å². The molecule has 1 saturated heterocycles. The van der Waals surface area contributed by atoms with E-state index in [0.29, 0.717) is 16.5 Å². The van der Waals surface area contributed by atoms with Crippen LogP contribution < -0.4 is 10.6 Å². The first kappa shape index (κ1) is 13.1. The number of pyridine rings is 1. The fourth-order valence-corrected chi connectivity index (χ4v) is 2.74. The zero-order valence-electron chi connectivity index (χ0n) is 10.3. The SMILES string of the molecule is N#Cc1ccnc(N2CCCC(CCN)C2)c1Cl. The number of hydrogen-bond acceptors (Lipinski definition) is 4. The maximum atomic E-state index is 8.98. The van der Waals surface area contributed by atoms with Gasteiger partial charge in [0.05, 0.1) is 5.56 Å². The average Bonchev–Trinajstić information content (AvgIpc) is 2.40. The van der Waals surface area contributed by atoms with E-state index in [4.69, 9.17) is 22.6 Å². The maximum absolute atomic E-state index is 8.98. The highest BCUT2D eigenvalue weighted by Crippen LogP contribution is 2.30. The Morgan fingerprint density at radius 1 is 1.61 bits per heavy atom. The van der Waals surface area contributed by atoms with Crippen LogP contribution in [-0.2, 0) is 0 Å². The Labute approximate surface area is 112 Å². The summed E-state index contributed by atoms with van der Waals surface area (Å²) in [6.45, 7) is 2.60. The molecular weight excluding hydrogens is 248 g/mol. The van der Waals surface area contributed by atoms with E-state index in [-0.39, 0.29) is 0 Å². The van der Waals surface area contributed by atoms with Crippen molar-refractivity contribution in [2.75, 3.05) is 24.5 Å². The Balaban J connectivity index is 2.18. The van der Waals surface area contributed by atoms with Crippen LogP contribution in [0.2, 0.25) is 5.02 Å². The summed E-state index contributed by atoms with van der Waals surface area (Å²) in [5.74, 6) is 1.34. The third-order valence-corrected chi connectivity index (χ3v) is 3.76. The van der Waals surface area contributed by atoms with Crippen LogP contribution in [0.5, 0.6) is 0 Å². The molecule has 96 valence electrons. The van der Waals surface area contributed by atoms with Gasteiger partial charge in [-0.15, -0.1) is 0 Å². The summed E-state index contributed by atoms with van der Waals surface area (Å²) in [5, 5.41) is 9.45. The first-order valence-corrected chi connectivity index (χ1v) is 6.63. The number of halogens is 1. The van der Waals surface area contributed by atoms with Crippen LogP contribution in [0.15, 0.2) is 12.3 Å². The van der Waals surface area contributed by atoms with Crippen LogP contribution in [0.25, 0.3) is 0 Å². The summed E-state index contributed by atoms with van der Waals surface area (Å²) >= 11 is 6.22. The van der Waals surface area contributed by atoms with Crippen molar-refractivity contribution in [3.8, 4) is 6.07 Å². The van der Waals surface area contributed by atoms with E-state index >= 15 is 0 Å². The summed E-state index contributed by atoms with van der Waals surface area (Å²) in [6, 6.07) is 3.74. The van der Waals surface area contributed by atoms with Gasteiger partial charge in [-0.1, -0.05) is 11.6 Å². The largest absolute Gasteiger partial charge is 0.355 e. The molecule has 0 radical (unpaired) electrons. The number of nitrogens with zero attached hydrogens (tertiary/aromatic N) is 3. The lowest BCUT2D eigenvalue weighted by molar-refractivity contribution is 0.394. The van der Waals surface area contributed by atoms with Crippen LogP contribution in [0.1, 0.15) is 24.8 Å². The van der Waals surface area contributed by atoms with Gasteiger partial charge < -0.3 is 10.6 Å². The molecule has 2 heterocycles. The molecule has 2 rings (SSSR count). The number of rotatable bonds is 3. The fraction of sp³-hybridized carbons (Fsp3) is 0.538. The highest BCUT2D eigenvalue weighted by atomic mass is 35.5. The Kier molecular flexibility index (Phi) is 4.40. The minimum absolute atomic E-state index is 0.466. The standard InChI is InChI=1S/C13H17ClN4/c14-12-11(8-16)4-6-17-13(12)18-7-1-2-10(9-18)3-5-15/h4,6,10H,1-3,5,7,9,15H2. The summed E-state index contributed by atoms with van der Waals surface area (Å²) in [7, 11) is 0. The Hall–Kier alpha value is -1.31. The third kappa shape index (κ3) is 2.74. The summed E-state index contributed by atoms with van der Waals surface area (Å²) in [4.78, 5) is 6.49. The van der Waals surface area contributed by atoms with Crippen LogP contribution in [0.3, 0.4) is 0 Å². The second-order valence-electron chi connectivity index (χ2n) is 4.64. The molecule has 1 atom stereocenters. The Bertz CT molecular complexity index is 453. The van der Waals surface area contributed by atoms with Crippen molar-refractivity contribution in [1.82, 2.24) is 4.98 Å². The van der Waals surface area contributed by atoms with Crippen LogP contribution in [0, 0.1) is 17.2 Å². The highest BCUT2D eigenvalue weighted by Gasteiger charge is 2.22. The van der Waals surface area contributed by atoms with Crippen LogP contribution >= 0.6 is 11.6 Å². The monoisotopic (exact) mass is 264 g/mol. The zero-order chi connectivity index (χ0) is 13.0.